The summed E-state index contributed by atoms with van der Waals surface area (Å²) in [4.78, 5) is 48.2. The highest BCUT2D eigenvalue weighted by Crippen LogP contribution is 2.35. The van der Waals surface area contributed by atoms with Crippen LogP contribution in [-0.2, 0) is 19.1 Å². The van der Waals surface area contributed by atoms with E-state index < -0.39 is 6.04 Å². The van der Waals surface area contributed by atoms with Crippen LogP contribution in [0.4, 0.5) is 0 Å². The molecule has 2 atom stereocenters. The van der Waals surface area contributed by atoms with Crippen molar-refractivity contribution in [3.05, 3.63) is 0 Å². The number of hydrogen-bond donors (Lipinski definition) is 1. The van der Waals surface area contributed by atoms with E-state index in [9.17, 15) is 14.4 Å². The maximum Gasteiger partial charge on any atom is 0.245 e. The summed E-state index contributed by atoms with van der Waals surface area (Å²) < 4.78 is 5.47. The Morgan fingerprint density at radius 2 is 1.68 bits per heavy atom. The van der Waals surface area contributed by atoms with Crippen LogP contribution in [0.25, 0.3) is 0 Å². The van der Waals surface area contributed by atoms with Crippen LogP contribution in [-0.4, -0.2) is 122 Å². The van der Waals surface area contributed by atoms with Crippen molar-refractivity contribution in [1.29, 1.82) is 0 Å². The molecule has 0 aromatic carbocycles. The molecule has 1 aliphatic carbocycles. The normalized spacial score (nSPS) is 26.6. The summed E-state index contributed by atoms with van der Waals surface area (Å²) in [5, 5.41) is 3.29. The summed E-state index contributed by atoms with van der Waals surface area (Å²) in [5.74, 6) is 0.339. The van der Waals surface area contributed by atoms with Crippen LogP contribution in [0.1, 0.15) is 46.5 Å². The molecule has 3 heterocycles. The van der Waals surface area contributed by atoms with Gasteiger partial charge in [0, 0.05) is 71.2 Å². The van der Waals surface area contributed by atoms with E-state index in [1.807, 2.05) is 14.7 Å². The van der Waals surface area contributed by atoms with E-state index in [2.05, 4.69) is 31.0 Å². The van der Waals surface area contributed by atoms with Crippen molar-refractivity contribution in [1.82, 2.24) is 24.9 Å². The Labute approximate surface area is 204 Å². The van der Waals surface area contributed by atoms with Crippen molar-refractivity contribution in [2.24, 2.45) is 11.3 Å². The zero-order valence-corrected chi connectivity index (χ0v) is 21.3. The zero-order valence-electron chi connectivity index (χ0n) is 21.3. The molecule has 3 amide bonds. The summed E-state index contributed by atoms with van der Waals surface area (Å²) in [5.41, 5.74) is -0.119. The predicted octanol–water partition coefficient (Wildman–Crippen LogP) is 0.395. The number of hydrogen-bond acceptors (Lipinski definition) is 6. The lowest BCUT2D eigenvalue weighted by Gasteiger charge is -2.34. The van der Waals surface area contributed by atoms with Crippen LogP contribution in [0.2, 0.25) is 0 Å². The second kappa shape index (κ2) is 10.9. The number of morpholine rings is 1. The van der Waals surface area contributed by atoms with Gasteiger partial charge in [-0.15, -0.1) is 0 Å². The van der Waals surface area contributed by atoms with Crippen molar-refractivity contribution < 1.29 is 19.1 Å². The molecule has 0 aromatic rings. The maximum absolute atomic E-state index is 13.5. The zero-order chi connectivity index (χ0) is 24.3. The van der Waals surface area contributed by atoms with Gasteiger partial charge in [-0.25, -0.2) is 0 Å². The number of piperazine rings is 1. The second-order valence-electron chi connectivity index (χ2n) is 11.5. The third-order valence-electron chi connectivity index (χ3n) is 7.41. The molecule has 4 aliphatic rings. The fraction of sp³-hybridized carbons (Fsp3) is 0.880. The number of ether oxygens (including phenoxy) is 1. The molecule has 3 saturated heterocycles. The minimum Gasteiger partial charge on any atom is -0.379 e. The van der Waals surface area contributed by atoms with Gasteiger partial charge >= 0.3 is 0 Å². The first kappa shape index (κ1) is 25.4. The van der Waals surface area contributed by atoms with E-state index in [-0.39, 0.29) is 35.1 Å². The maximum atomic E-state index is 13.5. The molecule has 4 fully saturated rings. The third kappa shape index (κ3) is 6.49. The molecule has 0 radical (unpaired) electrons. The van der Waals surface area contributed by atoms with Crippen LogP contribution in [0.5, 0.6) is 0 Å². The van der Waals surface area contributed by atoms with Gasteiger partial charge in [-0.1, -0.05) is 20.8 Å². The molecule has 2 unspecified atom stereocenters. The lowest BCUT2D eigenvalue weighted by Crippen LogP contribution is -2.53. The topological polar surface area (TPSA) is 85.4 Å². The molecule has 9 nitrogen and oxygen atoms in total. The summed E-state index contributed by atoms with van der Waals surface area (Å²) in [6.45, 7) is 14.3. The Hall–Kier alpha value is -1.71. The van der Waals surface area contributed by atoms with Gasteiger partial charge in [-0.05, 0) is 24.7 Å². The van der Waals surface area contributed by atoms with E-state index >= 15 is 0 Å². The molecule has 1 N–H and O–H groups in total. The average Bonchev–Trinajstić information content (AvgIpc) is 3.57. The molecule has 1 saturated carbocycles. The smallest absolute Gasteiger partial charge is 0.245 e. The number of carbonyl (C=O) groups is 3. The van der Waals surface area contributed by atoms with Crippen molar-refractivity contribution in [3.8, 4) is 0 Å². The Balaban J connectivity index is 1.50. The van der Waals surface area contributed by atoms with E-state index in [0.717, 1.165) is 58.8 Å². The summed E-state index contributed by atoms with van der Waals surface area (Å²) in [7, 11) is 0. The highest BCUT2D eigenvalue weighted by Gasteiger charge is 2.47. The molecule has 3 aliphatic heterocycles. The molecule has 9 heteroatoms. The first-order valence-electron chi connectivity index (χ1n) is 13.1. The Bertz CT molecular complexity index is 738. The molecule has 0 spiro atoms. The van der Waals surface area contributed by atoms with Crippen molar-refractivity contribution in [2.75, 3.05) is 72.1 Å². The number of amides is 3. The highest BCUT2D eigenvalue weighted by molar-refractivity contribution is 5.90. The summed E-state index contributed by atoms with van der Waals surface area (Å²) in [6.07, 6.45) is 2.83. The van der Waals surface area contributed by atoms with Gasteiger partial charge in [-0.3, -0.25) is 19.3 Å². The number of carbonyl (C=O) groups excluding carboxylic acids is 3. The molecule has 0 aromatic heterocycles. The van der Waals surface area contributed by atoms with Gasteiger partial charge in [0.15, 0.2) is 0 Å². The standard InChI is InChI=1S/C25H43N5O4/c1-25(2,3)17-22(31)29(11-10-27-12-14-34-15-13-27)20-16-21(24(33)28-8-6-26-7-9-28)30(18-20)23(32)19-4-5-19/h19-21,26H,4-18H2,1-3H3. The van der Waals surface area contributed by atoms with Crippen LogP contribution < -0.4 is 5.32 Å². The Kier molecular flexibility index (Phi) is 8.15. The Morgan fingerprint density at radius 1 is 1.00 bits per heavy atom. The lowest BCUT2D eigenvalue weighted by molar-refractivity contribution is -0.144. The number of nitrogens with one attached hydrogen (secondary N) is 1. The number of rotatable bonds is 7. The van der Waals surface area contributed by atoms with Crippen LogP contribution in [0.15, 0.2) is 0 Å². The number of likely N-dealkylation sites (tertiary alicyclic amines) is 1. The van der Waals surface area contributed by atoms with Crippen LogP contribution in [0.3, 0.4) is 0 Å². The van der Waals surface area contributed by atoms with Crippen LogP contribution >= 0.6 is 0 Å². The molecular weight excluding hydrogens is 434 g/mol. The quantitative estimate of drug-likeness (QED) is 0.571. The van der Waals surface area contributed by atoms with E-state index in [1.54, 1.807) is 0 Å². The van der Waals surface area contributed by atoms with Gasteiger partial charge in [-0.2, -0.15) is 0 Å². The molecule has 192 valence electrons. The fourth-order valence-corrected chi connectivity index (χ4v) is 5.32. The van der Waals surface area contributed by atoms with Crippen molar-refractivity contribution >= 4 is 17.7 Å². The minimum atomic E-state index is -0.454. The SMILES string of the molecule is CC(C)(C)CC(=O)N(CCN1CCOCC1)C1CC(C(=O)N2CCNCC2)N(C(=O)C2CC2)C1. The van der Waals surface area contributed by atoms with Gasteiger partial charge in [0.2, 0.25) is 17.7 Å². The third-order valence-corrected chi connectivity index (χ3v) is 7.41. The average molecular weight is 478 g/mol. The molecule has 0 bridgehead atoms. The fourth-order valence-electron chi connectivity index (χ4n) is 5.32. The Morgan fingerprint density at radius 3 is 2.29 bits per heavy atom. The lowest BCUT2D eigenvalue weighted by atomic mass is 9.91. The number of nitrogens with zero attached hydrogens (tertiary/aromatic N) is 4. The minimum absolute atomic E-state index is 0.0504. The summed E-state index contributed by atoms with van der Waals surface area (Å²) in [6, 6.07) is -0.569. The van der Waals surface area contributed by atoms with Crippen LogP contribution in [0, 0.1) is 11.3 Å². The van der Waals surface area contributed by atoms with E-state index in [1.165, 1.54) is 0 Å². The molecule has 34 heavy (non-hydrogen) atoms. The monoisotopic (exact) mass is 477 g/mol. The first-order chi connectivity index (χ1) is 16.2. The first-order valence-corrected chi connectivity index (χ1v) is 13.1. The predicted molar refractivity (Wildman–Crippen MR) is 129 cm³/mol. The highest BCUT2D eigenvalue weighted by atomic mass is 16.5. The van der Waals surface area contributed by atoms with Gasteiger partial charge in [0.1, 0.15) is 6.04 Å². The summed E-state index contributed by atoms with van der Waals surface area (Å²) >= 11 is 0. The largest absolute Gasteiger partial charge is 0.379 e. The molecule has 4 rings (SSSR count). The van der Waals surface area contributed by atoms with Crippen molar-refractivity contribution in [3.63, 3.8) is 0 Å². The molecular formula is C25H43N5O4. The van der Waals surface area contributed by atoms with E-state index in [4.69, 9.17) is 4.74 Å². The second-order valence-corrected chi connectivity index (χ2v) is 11.5. The van der Waals surface area contributed by atoms with Gasteiger partial charge in [0.05, 0.1) is 19.3 Å². The van der Waals surface area contributed by atoms with Gasteiger partial charge in [0.25, 0.3) is 0 Å². The van der Waals surface area contributed by atoms with Gasteiger partial charge < -0.3 is 24.8 Å². The van der Waals surface area contributed by atoms with Crippen molar-refractivity contribution in [2.45, 2.75) is 58.5 Å². The van der Waals surface area contributed by atoms with E-state index in [0.29, 0.717) is 39.0 Å².